The third-order valence-electron chi connectivity index (χ3n) is 1.85. The zero-order valence-electron chi connectivity index (χ0n) is 7.10. The van der Waals surface area contributed by atoms with Crippen LogP contribution in [0.5, 0.6) is 0 Å². The number of carbonyl (C=O) groups is 2. The van der Waals surface area contributed by atoms with Gasteiger partial charge < -0.3 is 20.5 Å². The quantitative estimate of drug-likeness (QED) is 0.561. The van der Waals surface area contributed by atoms with Crippen LogP contribution in [-0.2, 0) is 9.53 Å². The van der Waals surface area contributed by atoms with Gasteiger partial charge in [-0.25, -0.2) is 4.79 Å². The maximum atomic E-state index is 11.2. The van der Waals surface area contributed by atoms with Gasteiger partial charge in [-0.1, -0.05) is 0 Å². The van der Waals surface area contributed by atoms with E-state index in [1.807, 2.05) is 0 Å². The van der Waals surface area contributed by atoms with Crippen molar-refractivity contribution in [2.45, 2.75) is 12.5 Å². The van der Waals surface area contributed by atoms with Crippen molar-refractivity contribution in [1.29, 1.82) is 0 Å². The van der Waals surface area contributed by atoms with E-state index in [2.05, 4.69) is 10.5 Å². The molecule has 0 bridgehead atoms. The van der Waals surface area contributed by atoms with Crippen molar-refractivity contribution in [3.05, 3.63) is 0 Å². The average Bonchev–Trinajstić information content (AvgIpc) is 2.47. The summed E-state index contributed by atoms with van der Waals surface area (Å²) in [6.07, 6.45) is -0.854. The van der Waals surface area contributed by atoms with Crippen molar-refractivity contribution in [2.75, 3.05) is 19.7 Å². The van der Waals surface area contributed by atoms with Crippen molar-refractivity contribution in [3.8, 4) is 0 Å². The predicted octanol–water partition coefficient (Wildman–Crippen LogP) is -1.33. The van der Waals surface area contributed by atoms with Gasteiger partial charge in [0.1, 0.15) is 0 Å². The van der Waals surface area contributed by atoms with Crippen molar-refractivity contribution in [1.82, 2.24) is 4.90 Å². The summed E-state index contributed by atoms with van der Waals surface area (Å²) in [6, 6.07) is 0. The first kappa shape index (κ1) is 9.79. The highest BCUT2D eigenvalue weighted by molar-refractivity contribution is 5.80. The lowest BCUT2D eigenvalue weighted by atomic mass is 10.3. The highest BCUT2D eigenvalue weighted by Gasteiger charge is 2.24. The molecule has 1 aliphatic heterocycles. The molecule has 2 amide bonds. The molecule has 1 fully saturated rings. The Balaban J connectivity index is 2.27. The Morgan fingerprint density at radius 2 is 2.31 bits per heavy atom. The number of hydrogen-bond donors (Lipinski definition) is 2. The second-order valence-corrected chi connectivity index (χ2v) is 2.89. The zero-order chi connectivity index (χ0) is 9.84. The molecule has 1 rings (SSSR count). The normalized spacial score (nSPS) is 21.6. The Morgan fingerprint density at radius 1 is 1.62 bits per heavy atom. The Labute approximate surface area is 75.3 Å². The third-order valence-corrected chi connectivity index (χ3v) is 1.85. The molecular formula is C7H12N2O4. The number of hydrogen-bond acceptors (Lipinski definition) is 4. The summed E-state index contributed by atoms with van der Waals surface area (Å²) in [5, 5.41) is 9.10. The molecule has 1 atom stereocenters. The number of amides is 2. The second-order valence-electron chi connectivity index (χ2n) is 2.89. The second kappa shape index (κ2) is 4.08. The molecule has 3 N–H and O–H groups in total. The Hall–Kier alpha value is -1.30. The molecule has 0 aromatic carbocycles. The molecule has 0 spiro atoms. The van der Waals surface area contributed by atoms with Crippen LogP contribution >= 0.6 is 0 Å². The number of likely N-dealkylation sites (tertiary alicyclic amines) is 1. The topological polar surface area (TPSA) is 92.9 Å². The zero-order valence-corrected chi connectivity index (χ0v) is 7.10. The molecule has 13 heavy (non-hydrogen) atoms. The molecule has 1 heterocycles. The minimum Gasteiger partial charge on any atom is -0.440 e. The third kappa shape index (κ3) is 2.90. The first-order valence-electron chi connectivity index (χ1n) is 3.97. The van der Waals surface area contributed by atoms with Gasteiger partial charge >= 0.3 is 6.09 Å². The Kier molecular flexibility index (Phi) is 3.07. The summed E-state index contributed by atoms with van der Waals surface area (Å²) in [6.45, 7) is 0.463. The van der Waals surface area contributed by atoms with Crippen molar-refractivity contribution in [2.24, 2.45) is 5.73 Å². The highest BCUT2D eigenvalue weighted by Crippen LogP contribution is 2.08. The molecular weight excluding hydrogens is 176 g/mol. The van der Waals surface area contributed by atoms with Gasteiger partial charge in [-0.3, -0.25) is 4.79 Å². The average molecular weight is 188 g/mol. The van der Waals surface area contributed by atoms with E-state index in [9.17, 15) is 9.59 Å². The summed E-state index contributed by atoms with van der Waals surface area (Å²) >= 11 is 0. The lowest BCUT2D eigenvalue weighted by Crippen LogP contribution is -2.34. The maximum Gasteiger partial charge on any atom is 0.405 e. The van der Waals surface area contributed by atoms with Gasteiger partial charge in [0.15, 0.2) is 6.61 Å². The fraction of sp³-hybridized carbons (Fsp3) is 0.714. The maximum absolute atomic E-state index is 11.2. The van der Waals surface area contributed by atoms with Crippen molar-refractivity contribution < 1.29 is 19.4 Å². The van der Waals surface area contributed by atoms with Gasteiger partial charge in [0, 0.05) is 13.1 Å². The van der Waals surface area contributed by atoms with Crippen LogP contribution in [0.1, 0.15) is 6.42 Å². The van der Waals surface area contributed by atoms with Gasteiger partial charge in [-0.2, -0.15) is 0 Å². The van der Waals surface area contributed by atoms with E-state index in [1.165, 1.54) is 4.90 Å². The van der Waals surface area contributed by atoms with Crippen LogP contribution in [0, 0.1) is 0 Å². The smallest absolute Gasteiger partial charge is 0.405 e. The van der Waals surface area contributed by atoms with E-state index >= 15 is 0 Å². The molecule has 0 aromatic rings. The molecule has 1 aliphatic rings. The minimum atomic E-state index is -0.965. The number of aliphatic hydroxyl groups is 1. The Bertz CT molecular complexity index is 219. The first-order chi connectivity index (χ1) is 6.09. The Morgan fingerprint density at radius 3 is 2.77 bits per heavy atom. The van der Waals surface area contributed by atoms with Gasteiger partial charge in [0.25, 0.3) is 5.91 Å². The summed E-state index contributed by atoms with van der Waals surface area (Å²) in [5.74, 6) is -0.324. The van der Waals surface area contributed by atoms with Crippen LogP contribution in [0.2, 0.25) is 0 Å². The summed E-state index contributed by atoms with van der Waals surface area (Å²) in [7, 11) is 0. The first-order valence-corrected chi connectivity index (χ1v) is 3.97. The number of carbonyl (C=O) groups excluding carboxylic acids is 2. The van der Waals surface area contributed by atoms with Gasteiger partial charge in [-0.05, 0) is 6.42 Å². The van der Waals surface area contributed by atoms with E-state index in [4.69, 9.17) is 5.11 Å². The SMILES string of the molecule is NC(=O)OCC(=O)N1CC[C@H](O)C1. The lowest BCUT2D eigenvalue weighted by molar-refractivity contribution is -0.133. The van der Waals surface area contributed by atoms with Crippen LogP contribution in [0.3, 0.4) is 0 Å². The van der Waals surface area contributed by atoms with Crippen LogP contribution in [0.4, 0.5) is 4.79 Å². The lowest BCUT2D eigenvalue weighted by Gasteiger charge is -2.14. The number of rotatable bonds is 2. The van der Waals surface area contributed by atoms with E-state index in [0.29, 0.717) is 19.5 Å². The summed E-state index contributed by atoms with van der Waals surface area (Å²) < 4.78 is 4.32. The predicted molar refractivity (Wildman–Crippen MR) is 42.7 cm³/mol. The summed E-state index contributed by atoms with van der Waals surface area (Å²) in [5.41, 5.74) is 4.69. The van der Waals surface area contributed by atoms with Crippen LogP contribution < -0.4 is 5.73 Å². The van der Waals surface area contributed by atoms with E-state index in [1.54, 1.807) is 0 Å². The largest absolute Gasteiger partial charge is 0.440 e. The minimum absolute atomic E-state index is 0.307. The molecule has 0 aliphatic carbocycles. The number of nitrogens with zero attached hydrogens (tertiary/aromatic N) is 1. The van der Waals surface area contributed by atoms with Crippen LogP contribution in [0.25, 0.3) is 0 Å². The summed E-state index contributed by atoms with van der Waals surface area (Å²) in [4.78, 5) is 22.8. The number of aliphatic hydroxyl groups excluding tert-OH is 1. The molecule has 0 aromatic heterocycles. The van der Waals surface area contributed by atoms with Gasteiger partial charge in [0.2, 0.25) is 0 Å². The monoisotopic (exact) mass is 188 g/mol. The van der Waals surface area contributed by atoms with E-state index in [-0.39, 0.29) is 12.5 Å². The fourth-order valence-electron chi connectivity index (χ4n) is 1.19. The molecule has 74 valence electrons. The van der Waals surface area contributed by atoms with Crippen LogP contribution in [-0.4, -0.2) is 47.8 Å². The molecule has 0 unspecified atom stereocenters. The van der Waals surface area contributed by atoms with E-state index < -0.39 is 12.2 Å². The number of nitrogens with two attached hydrogens (primary N) is 1. The number of ether oxygens (including phenoxy) is 1. The van der Waals surface area contributed by atoms with Crippen molar-refractivity contribution >= 4 is 12.0 Å². The fourth-order valence-corrected chi connectivity index (χ4v) is 1.19. The number of primary amides is 1. The van der Waals surface area contributed by atoms with Crippen LogP contribution in [0.15, 0.2) is 0 Å². The number of β-amino-alcohol motifs (C(OH)–C–C–N with tert-alkyl or cyclic N) is 1. The molecule has 0 radical (unpaired) electrons. The highest BCUT2D eigenvalue weighted by atomic mass is 16.5. The van der Waals surface area contributed by atoms with Gasteiger partial charge in [-0.15, -0.1) is 0 Å². The standard InChI is InChI=1S/C7H12N2O4/c8-7(12)13-4-6(11)9-2-1-5(10)3-9/h5,10H,1-4H2,(H2,8,12)/t5-/m0/s1. The molecule has 6 nitrogen and oxygen atoms in total. The molecule has 0 saturated carbocycles. The van der Waals surface area contributed by atoms with Crippen molar-refractivity contribution in [3.63, 3.8) is 0 Å². The molecule has 1 saturated heterocycles. The van der Waals surface area contributed by atoms with Gasteiger partial charge in [0.05, 0.1) is 6.10 Å². The van der Waals surface area contributed by atoms with E-state index in [0.717, 1.165) is 0 Å². The molecule has 6 heteroatoms.